The highest BCUT2D eigenvalue weighted by atomic mass is 15.3. The fourth-order valence-electron chi connectivity index (χ4n) is 4.51. The average Bonchev–Trinajstić information content (AvgIpc) is 3.21. The Bertz CT molecular complexity index is 581. The molecule has 2 heterocycles. The molecular weight excluding hydrogens is 308 g/mol. The zero-order valence-electron chi connectivity index (χ0n) is 15.5. The fraction of sp³-hybridized carbons (Fsp3) is 0.667. The molecular formula is C21H32N4. The van der Waals surface area contributed by atoms with Crippen LogP contribution < -0.4 is 5.32 Å². The Kier molecular flexibility index (Phi) is 5.25. The van der Waals surface area contributed by atoms with Crippen LogP contribution in [0.1, 0.15) is 31.2 Å². The van der Waals surface area contributed by atoms with Crippen molar-refractivity contribution in [2.24, 2.45) is 16.8 Å². The van der Waals surface area contributed by atoms with Crippen LogP contribution >= 0.6 is 0 Å². The van der Waals surface area contributed by atoms with Crippen molar-refractivity contribution in [2.45, 2.75) is 38.1 Å². The fourth-order valence-corrected chi connectivity index (χ4v) is 4.51. The lowest BCUT2D eigenvalue weighted by atomic mass is 9.99. The summed E-state index contributed by atoms with van der Waals surface area (Å²) in [5.74, 6) is 2.65. The molecule has 2 atom stereocenters. The number of likely N-dealkylation sites (tertiary alicyclic amines) is 2. The molecule has 4 rings (SSSR count). The SMILES string of the molecule is CN=C(NCC1CCN(C2CC2)C1)N1CCC(Cc2ccccc2)C1. The quantitative estimate of drug-likeness (QED) is 0.660. The first-order valence-electron chi connectivity index (χ1n) is 10.1. The zero-order chi connectivity index (χ0) is 17.1. The molecule has 1 aliphatic carbocycles. The molecule has 0 spiro atoms. The van der Waals surface area contributed by atoms with Gasteiger partial charge in [0.05, 0.1) is 0 Å². The third-order valence-corrected chi connectivity index (χ3v) is 6.09. The number of benzene rings is 1. The van der Waals surface area contributed by atoms with E-state index < -0.39 is 0 Å². The lowest BCUT2D eigenvalue weighted by molar-refractivity contribution is 0.313. The van der Waals surface area contributed by atoms with Gasteiger partial charge in [-0.2, -0.15) is 0 Å². The molecule has 1 aromatic carbocycles. The van der Waals surface area contributed by atoms with Crippen molar-refractivity contribution >= 4 is 5.96 Å². The molecule has 0 aromatic heterocycles. The van der Waals surface area contributed by atoms with Crippen LogP contribution in [-0.2, 0) is 6.42 Å². The van der Waals surface area contributed by atoms with E-state index in [1.54, 1.807) is 0 Å². The third-order valence-electron chi connectivity index (χ3n) is 6.09. The molecule has 136 valence electrons. The topological polar surface area (TPSA) is 30.9 Å². The molecule has 2 aliphatic heterocycles. The summed E-state index contributed by atoms with van der Waals surface area (Å²) in [5.41, 5.74) is 1.46. The van der Waals surface area contributed by atoms with Crippen molar-refractivity contribution < 1.29 is 0 Å². The third kappa shape index (κ3) is 4.35. The van der Waals surface area contributed by atoms with E-state index in [0.29, 0.717) is 0 Å². The van der Waals surface area contributed by atoms with Gasteiger partial charge in [0.2, 0.25) is 0 Å². The van der Waals surface area contributed by atoms with Gasteiger partial charge in [0.1, 0.15) is 0 Å². The van der Waals surface area contributed by atoms with Gasteiger partial charge >= 0.3 is 0 Å². The minimum Gasteiger partial charge on any atom is -0.356 e. The molecule has 0 radical (unpaired) electrons. The number of nitrogens with zero attached hydrogens (tertiary/aromatic N) is 3. The van der Waals surface area contributed by atoms with Crippen molar-refractivity contribution in [3.05, 3.63) is 35.9 Å². The van der Waals surface area contributed by atoms with Crippen LogP contribution in [-0.4, -0.2) is 61.6 Å². The van der Waals surface area contributed by atoms with Gasteiger partial charge in [-0.25, -0.2) is 0 Å². The predicted molar refractivity (Wildman–Crippen MR) is 104 cm³/mol. The maximum absolute atomic E-state index is 4.56. The van der Waals surface area contributed by atoms with Crippen LogP contribution in [0.5, 0.6) is 0 Å². The molecule has 1 saturated carbocycles. The van der Waals surface area contributed by atoms with E-state index in [9.17, 15) is 0 Å². The molecule has 1 aromatic rings. The summed E-state index contributed by atoms with van der Waals surface area (Å²) in [6.07, 6.45) is 6.66. The van der Waals surface area contributed by atoms with Gasteiger partial charge in [0, 0.05) is 39.3 Å². The van der Waals surface area contributed by atoms with Crippen LogP contribution in [0.4, 0.5) is 0 Å². The van der Waals surface area contributed by atoms with Crippen molar-refractivity contribution in [3.8, 4) is 0 Å². The first-order chi connectivity index (χ1) is 12.3. The summed E-state index contributed by atoms with van der Waals surface area (Å²) in [7, 11) is 1.93. The van der Waals surface area contributed by atoms with E-state index >= 15 is 0 Å². The molecule has 3 fully saturated rings. The summed E-state index contributed by atoms with van der Waals surface area (Å²) in [6.45, 7) is 5.93. The molecule has 4 nitrogen and oxygen atoms in total. The van der Waals surface area contributed by atoms with Gasteiger partial charge in [-0.05, 0) is 56.0 Å². The number of aliphatic imine (C=N–C) groups is 1. The molecule has 2 saturated heterocycles. The minimum absolute atomic E-state index is 0.748. The number of rotatable bonds is 5. The Labute approximate surface area is 152 Å². The van der Waals surface area contributed by atoms with Gasteiger partial charge in [-0.1, -0.05) is 30.3 Å². The smallest absolute Gasteiger partial charge is 0.193 e. The Morgan fingerprint density at radius 2 is 1.84 bits per heavy atom. The number of guanidine groups is 1. The maximum atomic E-state index is 4.56. The van der Waals surface area contributed by atoms with Crippen molar-refractivity contribution in [1.82, 2.24) is 15.1 Å². The second-order valence-corrected chi connectivity index (χ2v) is 8.10. The first kappa shape index (κ1) is 16.9. The minimum atomic E-state index is 0.748. The highest BCUT2D eigenvalue weighted by Gasteiger charge is 2.34. The number of hydrogen-bond donors (Lipinski definition) is 1. The highest BCUT2D eigenvalue weighted by Crippen LogP contribution is 2.31. The first-order valence-corrected chi connectivity index (χ1v) is 10.1. The second-order valence-electron chi connectivity index (χ2n) is 8.10. The van der Waals surface area contributed by atoms with E-state index in [-0.39, 0.29) is 0 Å². The lowest BCUT2D eigenvalue weighted by Crippen LogP contribution is -2.42. The molecule has 1 N–H and O–H groups in total. The van der Waals surface area contributed by atoms with Crippen molar-refractivity contribution in [3.63, 3.8) is 0 Å². The van der Waals surface area contributed by atoms with Gasteiger partial charge in [0.15, 0.2) is 5.96 Å². The van der Waals surface area contributed by atoms with Crippen LogP contribution in [0.3, 0.4) is 0 Å². The van der Waals surface area contributed by atoms with E-state index in [4.69, 9.17) is 0 Å². The molecule has 2 unspecified atom stereocenters. The maximum Gasteiger partial charge on any atom is 0.193 e. The molecule has 0 bridgehead atoms. The summed E-state index contributed by atoms with van der Waals surface area (Å²) >= 11 is 0. The molecule has 4 heteroatoms. The summed E-state index contributed by atoms with van der Waals surface area (Å²) in [4.78, 5) is 9.71. The van der Waals surface area contributed by atoms with Crippen molar-refractivity contribution in [2.75, 3.05) is 39.8 Å². The van der Waals surface area contributed by atoms with Gasteiger partial charge in [0.25, 0.3) is 0 Å². The number of hydrogen-bond acceptors (Lipinski definition) is 2. The predicted octanol–water partition coefficient (Wildman–Crippen LogP) is 2.61. The van der Waals surface area contributed by atoms with E-state index in [2.05, 4.69) is 50.4 Å². The summed E-state index contributed by atoms with van der Waals surface area (Å²) in [5, 5.41) is 3.67. The van der Waals surface area contributed by atoms with Crippen LogP contribution in [0.2, 0.25) is 0 Å². The molecule has 25 heavy (non-hydrogen) atoms. The summed E-state index contributed by atoms with van der Waals surface area (Å²) < 4.78 is 0. The number of nitrogens with one attached hydrogen (secondary N) is 1. The summed E-state index contributed by atoms with van der Waals surface area (Å²) in [6, 6.07) is 11.8. The molecule has 0 amide bonds. The lowest BCUT2D eigenvalue weighted by Gasteiger charge is -2.23. The normalized spacial score (nSPS) is 27.9. The van der Waals surface area contributed by atoms with Crippen LogP contribution in [0, 0.1) is 11.8 Å². The van der Waals surface area contributed by atoms with Gasteiger partial charge in [-0.3, -0.25) is 4.99 Å². The van der Waals surface area contributed by atoms with E-state index in [0.717, 1.165) is 43.5 Å². The van der Waals surface area contributed by atoms with E-state index in [1.807, 2.05) is 7.05 Å². The van der Waals surface area contributed by atoms with Crippen molar-refractivity contribution in [1.29, 1.82) is 0 Å². The van der Waals surface area contributed by atoms with E-state index in [1.165, 1.54) is 50.8 Å². The van der Waals surface area contributed by atoms with Gasteiger partial charge < -0.3 is 15.1 Å². The Morgan fingerprint density at radius 3 is 2.60 bits per heavy atom. The zero-order valence-corrected chi connectivity index (χ0v) is 15.5. The monoisotopic (exact) mass is 340 g/mol. The Hall–Kier alpha value is -1.55. The van der Waals surface area contributed by atoms with Gasteiger partial charge in [-0.15, -0.1) is 0 Å². The second kappa shape index (κ2) is 7.77. The largest absolute Gasteiger partial charge is 0.356 e. The molecule has 3 aliphatic rings. The van der Waals surface area contributed by atoms with Crippen LogP contribution in [0.25, 0.3) is 0 Å². The Morgan fingerprint density at radius 1 is 1.04 bits per heavy atom. The van der Waals surface area contributed by atoms with Crippen LogP contribution in [0.15, 0.2) is 35.3 Å². The Balaban J connectivity index is 1.23. The highest BCUT2D eigenvalue weighted by molar-refractivity contribution is 5.80. The average molecular weight is 341 g/mol. The standard InChI is InChI=1S/C21H32N4/c1-22-21(23-14-19-10-11-24(16-19)20-7-8-20)25-12-9-18(15-25)13-17-5-3-2-4-6-17/h2-6,18-20H,7-16H2,1H3,(H,22,23).